The number of anilines is 1. The van der Waals surface area contributed by atoms with Gasteiger partial charge in [-0.25, -0.2) is 0 Å². The van der Waals surface area contributed by atoms with Gasteiger partial charge in [-0.05, 0) is 55.9 Å². The molecule has 1 saturated carbocycles. The largest absolute Gasteiger partial charge is 0.481 e. The van der Waals surface area contributed by atoms with Gasteiger partial charge in [0, 0.05) is 17.3 Å². The van der Waals surface area contributed by atoms with E-state index in [1.807, 2.05) is 0 Å². The quantitative estimate of drug-likeness (QED) is 0.243. The van der Waals surface area contributed by atoms with Crippen LogP contribution < -0.4 is 16.4 Å². The van der Waals surface area contributed by atoms with Gasteiger partial charge in [-0.15, -0.1) is 0 Å². The van der Waals surface area contributed by atoms with Crippen LogP contribution in [-0.4, -0.2) is 81.6 Å². The lowest BCUT2D eigenvalue weighted by Gasteiger charge is -2.56. The summed E-state index contributed by atoms with van der Waals surface area (Å²) in [7, 11) is 0. The van der Waals surface area contributed by atoms with Crippen molar-refractivity contribution in [1.29, 1.82) is 5.41 Å². The van der Waals surface area contributed by atoms with E-state index in [2.05, 4.69) is 10.6 Å². The number of fused-ring (bicyclic) bond motifs is 2. The maximum absolute atomic E-state index is 13.3. The van der Waals surface area contributed by atoms with Gasteiger partial charge in [0.15, 0.2) is 0 Å². The van der Waals surface area contributed by atoms with Gasteiger partial charge in [0.25, 0.3) is 0 Å². The summed E-state index contributed by atoms with van der Waals surface area (Å²) in [5.74, 6) is -3.36. The van der Waals surface area contributed by atoms with Crippen LogP contribution in [0.5, 0.6) is 0 Å². The molecule has 0 spiro atoms. The van der Waals surface area contributed by atoms with E-state index >= 15 is 0 Å². The highest BCUT2D eigenvalue weighted by atomic mass is 16.4. The van der Waals surface area contributed by atoms with E-state index in [4.69, 9.17) is 11.1 Å². The highest BCUT2D eigenvalue weighted by molar-refractivity contribution is 6.02. The van der Waals surface area contributed by atoms with Crippen molar-refractivity contribution in [3.8, 4) is 0 Å². The zero-order chi connectivity index (χ0) is 25.3. The number of aliphatic carboxylic acids is 1. The molecule has 12 nitrogen and oxygen atoms in total. The Labute approximate surface area is 201 Å². The van der Waals surface area contributed by atoms with Crippen molar-refractivity contribution < 1.29 is 29.1 Å². The molecule has 186 valence electrons. The molecule has 0 aromatic heterocycles. The van der Waals surface area contributed by atoms with E-state index in [1.165, 1.54) is 0 Å². The lowest BCUT2D eigenvalue weighted by atomic mass is 9.72. The van der Waals surface area contributed by atoms with Crippen molar-refractivity contribution in [2.75, 3.05) is 18.4 Å². The summed E-state index contributed by atoms with van der Waals surface area (Å²) < 4.78 is 0. The molecule has 35 heavy (non-hydrogen) atoms. The summed E-state index contributed by atoms with van der Waals surface area (Å²) in [6.07, 6.45) is 2.65. The van der Waals surface area contributed by atoms with Crippen molar-refractivity contribution in [2.45, 2.75) is 50.2 Å². The Balaban J connectivity index is 1.38. The molecule has 3 aliphatic heterocycles. The maximum atomic E-state index is 13.3. The Morgan fingerprint density at radius 2 is 1.69 bits per heavy atom. The fourth-order valence-electron chi connectivity index (χ4n) is 5.30. The summed E-state index contributed by atoms with van der Waals surface area (Å²) in [6, 6.07) is 4.29. The van der Waals surface area contributed by atoms with E-state index < -0.39 is 54.6 Å². The molecule has 2 bridgehead atoms. The lowest BCUT2D eigenvalue weighted by Crippen LogP contribution is -2.72. The van der Waals surface area contributed by atoms with E-state index in [0.717, 1.165) is 30.6 Å². The Hall–Kier alpha value is -3.96. The van der Waals surface area contributed by atoms with Crippen LogP contribution >= 0.6 is 0 Å². The molecule has 2 atom stereocenters. The van der Waals surface area contributed by atoms with E-state index in [0.29, 0.717) is 11.3 Å². The number of amidine groups is 1. The first kappa shape index (κ1) is 24.2. The van der Waals surface area contributed by atoms with Crippen LogP contribution in [-0.2, 0) is 24.0 Å². The number of nitrogen functional groups attached to an aromatic ring is 1. The van der Waals surface area contributed by atoms with Crippen LogP contribution in [0.1, 0.15) is 37.7 Å². The fraction of sp³-hybridized carbons (Fsp3) is 0.478. The van der Waals surface area contributed by atoms with Crippen LogP contribution in [0.15, 0.2) is 24.3 Å². The zero-order valence-electron chi connectivity index (χ0n) is 19.0. The van der Waals surface area contributed by atoms with Crippen LogP contribution in [0.3, 0.4) is 0 Å². The molecule has 6 N–H and O–H groups in total. The van der Waals surface area contributed by atoms with Gasteiger partial charge < -0.3 is 31.3 Å². The Bertz CT molecular complexity index is 1060. The number of nitrogens with two attached hydrogens (primary N) is 1. The van der Waals surface area contributed by atoms with Gasteiger partial charge in [0.2, 0.25) is 23.6 Å². The number of piperidine rings is 2. The molecule has 0 unspecified atom stereocenters. The molecule has 0 radical (unpaired) electrons. The average molecular weight is 485 g/mol. The van der Waals surface area contributed by atoms with Crippen LogP contribution in [0.25, 0.3) is 0 Å². The Morgan fingerprint density at radius 3 is 2.29 bits per heavy atom. The van der Waals surface area contributed by atoms with E-state index in [1.54, 1.807) is 29.2 Å². The number of hydrogen-bond acceptors (Lipinski definition) is 6. The number of carboxylic acid groups (broad SMARTS) is 1. The number of amides is 4. The van der Waals surface area contributed by atoms with Crippen molar-refractivity contribution in [3.63, 3.8) is 0 Å². The molecule has 1 aromatic rings. The number of piperazine rings is 1. The minimum atomic E-state index is -1.25. The number of nitrogens with zero attached hydrogens (tertiary/aromatic N) is 2. The van der Waals surface area contributed by atoms with Crippen LogP contribution in [0.4, 0.5) is 5.69 Å². The number of carbonyl (C=O) groups is 5. The van der Waals surface area contributed by atoms with Gasteiger partial charge in [0.1, 0.15) is 24.5 Å². The second-order valence-electron chi connectivity index (χ2n) is 9.15. The molecule has 4 amide bonds. The van der Waals surface area contributed by atoms with Crippen LogP contribution in [0.2, 0.25) is 0 Å². The first-order valence-corrected chi connectivity index (χ1v) is 11.5. The van der Waals surface area contributed by atoms with Gasteiger partial charge in [-0.2, -0.15) is 0 Å². The summed E-state index contributed by atoms with van der Waals surface area (Å²) in [6.45, 7) is -0.891. The first-order chi connectivity index (χ1) is 16.7. The Kier molecular flexibility index (Phi) is 6.72. The van der Waals surface area contributed by atoms with Crippen LogP contribution in [0, 0.1) is 11.3 Å². The van der Waals surface area contributed by atoms with E-state index in [9.17, 15) is 29.1 Å². The van der Waals surface area contributed by atoms with Crippen molar-refractivity contribution in [2.24, 2.45) is 11.7 Å². The van der Waals surface area contributed by atoms with Crippen molar-refractivity contribution in [3.05, 3.63) is 29.8 Å². The number of hydrogen-bond donors (Lipinski definition) is 5. The molecular weight excluding hydrogens is 456 g/mol. The highest BCUT2D eigenvalue weighted by Crippen LogP contribution is 2.43. The first-order valence-electron chi connectivity index (χ1n) is 11.5. The summed E-state index contributed by atoms with van der Waals surface area (Å²) >= 11 is 0. The average Bonchev–Trinajstić information content (AvgIpc) is 2.83. The topological polar surface area (TPSA) is 186 Å². The normalized spacial score (nSPS) is 25.1. The van der Waals surface area contributed by atoms with Gasteiger partial charge in [-0.1, -0.05) is 0 Å². The molecule has 3 heterocycles. The lowest BCUT2D eigenvalue weighted by molar-refractivity contribution is -0.177. The molecule has 3 saturated heterocycles. The summed E-state index contributed by atoms with van der Waals surface area (Å²) in [4.78, 5) is 65.4. The number of nitrogens with one attached hydrogen (secondary N) is 3. The molecule has 12 heteroatoms. The minimum Gasteiger partial charge on any atom is -0.481 e. The molecule has 1 aromatic carbocycles. The number of carboxylic acids is 1. The third kappa shape index (κ3) is 4.96. The smallest absolute Gasteiger partial charge is 0.305 e. The maximum Gasteiger partial charge on any atom is 0.305 e. The fourth-order valence-corrected chi connectivity index (χ4v) is 5.30. The predicted molar refractivity (Wildman–Crippen MR) is 123 cm³/mol. The monoisotopic (exact) mass is 484 g/mol. The van der Waals surface area contributed by atoms with Crippen molar-refractivity contribution >= 4 is 41.1 Å². The Morgan fingerprint density at radius 1 is 1.03 bits per heavy atom. The molecule has 4 fully saturated rings. The molecule has 5 rings (SSSR count). The second-order valence-corrected chi connectivity index (χ2v) is 9.15. The van der Waals surface area contributed by atoms with Gasteiger partial charge in [0.05, 0.1) is 13.0 Å². The zero-order valence-corrected chi connectivity index (χ0v) is 19.0. The number of rotatable bonds is 8. The third-order valence-corrected chi connectivity index (χ3v) is 6.94. The SMILES string of the molecule is N=C(N)c1ccc(NC(=O)CNC(=O)CN2C(=O)[C@@H]3C4CCC(CC4)N3C(=O)[C@@H]2CC(=O)O)cc1. The standard InChI is InChI=1S/C23H28N6O6/c24-21(25)13-1-5-14(6-2-13)27-17(30)10-26-18(31)11-28-16(9-19(32)33)22(34)29-15-7-3-12(4-8-15)20(29)23(28)35/h1-2,5-6,12,15-16,20H,3-4,7-11H2,(H3,24,25)(H,26,31)(H,27,30)(H,32,33)/t12?,15?,16-,20-/m0/s1. The van der Waals surface area contributed by atoms with Gasteiger partial charge in [-0.3, -0.25) is 29.4 Å². The molecular formula is C23H28N6O6. The van der Waals surface area contributed by atoms with E-state index in [-0.39, 0.29) is 24.3 Å². The summed E-state index contributed by atoms with van der Waals surface area (Å²) in [5.41, 5.74) is 6.34. The third-order valence-electron chi connectivity index (χ3n) is 6.94. The highest BCUT2D eigenvalue weighted by Gasteiger charge is 2.55. The minimum absolute atomic E-state index is 0.00737. The predicted octanol–water partition coefficient (Wildman–Crippen LogP) is -0.520. The number of benzene rings is 1. The van der Waals surface area contributed by atoms with Crippen molar-refractivity contribution in [1.82, 2.24) is 15.1 Å². The molecule has 1 aliphatic carbocycles. The summed E-state index contributed by atoms with van der Waals surface area (Å²) in [5, 5.41) is 21.7. The van der Waals surface area contributed by atoms with Gasteiger partial charge >= 0.3 is 5.97 Å². The molecule has 4 aliphatic rings. The second kappa shape index (κ2) is 9.72. The number of carbonyl (C=O) groups excluding carboxylic acids is 4.